The van der Waals surface area contributed by atoms with Crippen LogP contribution in [0, 0.1) is 23.7 Å². The zero-order valence-electron chi connectivity index (χ0n) is 12.3. The Hall–Kier alpha value is -0.330. The molecule has 0 heterocycles. The highest BCUT2D eigenvalue weighted by atomic mass is 16.1. The standard InChI is InChI=1S/C17H30O/c1-3-13-7-5-9-15(11-13)17(18)16-10-6-8-14(4-2)12-16/h13-16H,3-12H2,1-2H3. The first-order valence-corrected chi connectivity index (χ1v) is 8.28. The van der Waals surface area contributed by atoms with Gasteiger partial charge in [0.05, 0.1) is 0 Å². The molecular formula is C17H30O. The summed E-state index contributed by atoms with van der Waals surface area (Å²) in [6.45, 7) is 4.57. The Morgan fingerprint density at radius 3 is 1.67 bits per heavy atom. The van der Waals surface area contributed by atoms with Gasteiger partial charge in [-0.05, 0) is 37.5 Å². The summed E-state index contributed by atoms with van der Waals surface area (Å²) in [5, 5.41) is 0. The van der Waals surface area contributed by atoms with Crippen LogP contribution >= 0.6 is 0 Å². The van der Waals surface area contributed by atoms with Crippen LogP contribution in [0.1, 0.15) is 78.1 Å². The third-order valence-electron chi connectivity index (χ3n) is 5.53. The molecule has 2 fully saturated rings. The van der Waals surface area contributed by atoms with Crippen molar-refractivity contribution in [1.29, 1.82) is 0 Å². The van der Waals surface area contributed by atoms with E-state index in [0.717, 1.165) is 11.8 Å². The molecule has 0 aromatic rings. The molecule has 0 amide bonds. The van der Waals surface area contributed by atoms with Crippen molar-refractivity contribution in [3.8, 4) is 0 Å². The van der Waals surface area contributed by atoms with E-state index in [1.54, 1.807) is 0 Å². The van der Waals surface area contributed by atoms with Crippen molar-refractivity contribution < 1.29 is 4.79 Å². The fourth-order valence-corrected chi connectivity index (χ4v) is 4.17. The second kappa shape index (κ2) is 6.73. The second-order valence-electron chi connectivity index (χ2n) is 6.68. The zero-order valence-corrected chi connectivity index (χ0v) is 12.3. The normalized spacial score (nSPS) is 37.4. The van der Waals surface area contributed by atoms with Gasteiger partial charge in [-0.1, -0.05) is 52.4 Å². The summed E-state index contributed by atoms with van der Waals surface area (Å²) in [4.78, 5) is 12.7. The Bertz CT molecular complexity index is 245. The van der Waals surface area contributed by atoms with Crippen LogP contribution in [-0.4, -0.2) is 5.78 Å². The number of rotatable bonds is 4. The highest BCUT2D eigenvalue weighted by Gasteiger charge is 2.33. The lowest BCUT2D eigenvalue weighted by molar-refractivity contribution is -0.129. The second-order valence-corrected chi connectivity index (χ2v) is 6.68. The largest absolute Gasteiger partial charge is 0.299 e. The van der Waals surface area contributed by atoms with Crippen LogP contribution in [0.2, 0.25) is 0 Å². The molecule has 1 nitrogen and oxygen atoms in total. The summed E-state index contributed by atoms with van der Waals surface area (Å²) in [7, 11) is 0. The molecule has 0 aliphatic heterocycles. The minimum atomic E-state index is 0.421. The van der Waals surface area contributed by atoms with Crippen LogP contribution in [0.25, 0.3) is 0 Å². The lowest BCUT2D eigenvalue weighted by Gasteiger charge is -2.33. The minimum absolute atomic E-state index is 0.421. The van der Waals surface area contributed by atoms with Gasteiger partial charge >= 0.3 is 0 Å². The Labute approximate surface area is 113 Å². The monoisotopic (exact) mass is 250 g/mol. The maximum Gasteiger partial charge on any atom is 0.139 e. The molecule has 2 aliphatic rings. The molecular weight excluding hydrogens is 220 g/mol. The van der Waals surface area contributed by atoms with Crippen LogP contribution in [-0.2, 0) is 4.79 Å². The molecule has 4 unspecified atom stereocenters. The summed E-state index contributed by atoms with van der Waals surface area (Å²) in [6.07, 6.45) is 12.6. The molecule has 0 N–H and O–H groups in total. The first kappa shape index (κ1) is 14.1. The molecule has 2 rings (SSSR count). The summed E-state index contributed by atoms with van der Waals surface area (Å²) < 4.78 is 0. The van der Waals surface area contributed by atoms with E-state index in [-0.39, 0.29) is 0 Å². The van der Waals surface area contributed by atoms with E-state index in [0.29, 0.717) is 17.6 Å². The number of carbonyl (C=O) groups excluding carboxylic acids is 1. The van der Waals surface area contributed by atoms with Gasteiger partial charge < -0.3 is 0 Å². The van der Waals surface area contributed by atoms with Crippen LogP contribution in [0.4, 0.5) is 0 Å². The quantitative estimate of drug-likeness (QED) is 0.687. The van der Waals surface area contributed by atoms with Gasteiger partial charge in [-0.25, -0.2) is 0 Å². The molecule has 104 valence electrons. The lowest BCUT2D eigenvalue weighted by Crippen LogP contribution is -2.31. The molecule has 2 aliphatic carbocycles. The Kier molecular flexibility index (Phi) is 5.26. The Balaban J connectivity index is 1.89. The fraction of sp³-hybridized carbons (Fsp3) is 0.941. The fourth-order valence-electron chi connectivity index (χ4n) is 4.17. The Morgan fingerprint density at radius 1 is 0.833 bits per heavy atom. The van der Waals surface area contributed by atoms with E-state index < -0.39 is 0 Å². The molecule has 1 heteroatoms. The van der Waals surface area contributed by atoms with Crippen molar-refractivity contribution in [2.75, 3.05) is 0 Å². The van der Waals surface area contributed by atoms with E-state index in [2.05, 4.69) is 13.8 Å². The van der Waals surface area contributed by atoms with Gasteiger partial charge in [0.2, 0.25) is 0 Å². The average Bonchev–Trinajstić information content (AvgIpc) is 2.46. The third kappa shape index (κ3) is 3.36. The van der Waals surface area contributed by atoms with E-state index >= 15 is 0 Å². The molecule has 0 aromatic carbocycles. The topological polar surface area (TPSA) is 17.1 Å². The summed E-state index contributed by atoms with van der Waals surface area (Å²) in [6, 6.07) is 0. The number of hydrogen-bond donors (Lipinski definition) is 0. The van der Waals surface area contributed by atoms with Gasteiger partial charge in [-0.2, -0.15) is 0 Å². The number of hydrogen-bond acceptors (Lipinski definition) is 1. The van der Waals surface area contributed by atoms with Gasteiger partial charge in [0.25, 0.3) is 0 Å². The first-order chi connectivity index (χ1) is 8.74. The lowest BCUT2D eigenvalue weighted by atomic mass is 9.71. The molecule has 2 saturated carbocycles. The van der Waals surface area contributed by atoms with E-state index in [9.17, 15) is 4.79 Å². The summed E-state index contributed by atoms with van der Waals surface area (Å²) in [5.41, 5.74) is 0. The van der Waals surface area contributed by atoms with Crippen LogP contribution < -0.4 is 0 Å². The van der Waals surface area contributed by atoms with Crippen LogP contribution in [0.5, 0.6) is 0 Å². The SMILES string of the molecule is CCC1CCCC(C(=O)C2CCCC(CC)C2)C1. The van der Waals surface area contributed by atoms with Gasteiger partial charge in [0.15, 0.2) is 0 Å². The maximum atomic E-state index is 12.7. The van der Waals surface area contributed by atoms with Crippen molar-refractivity contribution in [3.63, 3.8) is 0 Å². The zero-order chi connectivity index (χ0) is 13.0. The predicted molar refractivity (Wildman–Crippen MR) is 76.5 cm³/mol. The van der Waals surface area contributed by atoms with Gasteiger partial charge in [-0.3, -0.25) is 4.79 Å². The Morgan fingerprint density at radius 2 is 1.28 bits per heavy atom. The van der Waals surface area contributed by atoms with Crippen LogP contribution in [0.3, 0.4) is 0 Å². The van der Waals surface area contributed by atoms with Crippen molar-refractivity contribution in [2.45, 2.75) is 78.1 Å². The smallest absolute Gasteiger partial charge is 0.139 e. The van der Waals surface area contributed by atoms with Gasteiger partial charge in [0.1, 0.15) is 5.78 Å². The predicted octanol–water partition coefficient (Wildman–Crippen LogP) is 4.99. The van der Waals surface area contributed by atoms with Gasteiger partial charge in [0, 0.05) is 11.8 Å². The maximum absolute atomic E-state index is 12.7. The van der Waals surface area contributed by atoms with E-state index in [1.807, 2.05) is 0 Å². The molecule has 0 saturated heterocycles. The summed E-state index contributed by atoms with van der Waals surface area (Å²) in [5.74, 6) is 3.15. The van der Waals surface area contributed by atoms with E-state index in [4.69, 9.17) is 0 Å². The molecule has 4 atom stereocenters. The third-order valence-corrected chi connectivity index (χ3v) is 5.53. The van der Waals surface area contributed by atoms with Crippen LogP contribution in [0.15, 0.2) is 0 Å². The highest BCUT2D eigenvalue weighted by Crippen LogP contribution is 2.38. The van der Waals surface area contributed by atoms with Crippen molar-refractivity contribution in [1.82, 2.24) is 0 Å². The number of ketones is 1. The minimum Gasteiger partial charge on any atom is -0.299 e. The number of carbonyl (C=O) groups is 1. The molecule has 0 aromatic heterocycles. The molecule has 0 radical (unpaired) electrons. The van der Waals surface area contributed by atoms with Crippen molar-refractivity contribution in [2.24, 2.45) is 23.7 Å². The van der Waals surface area contributed by atoms with Crippen molar-refractivity contribution in [3.05, 3.63) is 0 Å². The number of Topliss-reactive ketones (excluding diaryl/α,β-unsaturated/α-hetero) is 1. The average molecular weight is 250 g/mol. The first-order valence-electron chi connectivity index (χ1n) is 8.28. The highest BCUT2D eigenvalue weighted by molar-refractivity contribution is 5.83. The van der Waals surface area contributed by atoms with E-state index in [1.165, 1.54) is 64.2 Å². The summed E-state index contributed by atoms with van der Waals surface area (Å²) >= 11 is 0. The molecule has 0 bridgehead atoms. The van der Waals surface area contributed by atoms with Gasteiger partial charge in [-0.15, -0.1) is 0 Å². The molecule has 18 heavy (non-hydrogen) atoms. The van der Waals surface area contributed by atoms with Crippen molar-refractivity contribution >= 4 is 5.78 Å². The molecule has 0 spiro atoms.